The molecular weight excluding hydrogens is 1190 g/mol. The maximum absolute atomic E-state index is 12.5. The first-order chi connectivity index (χ1) is 44.8. The van der Waals surface area contributed by atoms with Gasteiger partial charge in [0.05, 0.1) is 18.3 Å². The van der Waals surface area contributed by atoms with Crippen LogP contribution in [0.4, 0.5) is 44.8 Å². The number of amides is 1. The summed E-state index contributed by atoms with van der Waals surface area (Å²) in [5, 5.41) is 31.5. The van der Waals surface area contributed by atoms with E-state index in [0.29, 0.717) is 89.2 Å². The summed E-state index contributed by atoms with van der Waals surface area (Å²) < 4.78 is 25.1. The van der Waals surface area contributed by atoms with E-state index in [1.54, 1.807) is 70.1 Å². The van der Waals surface area contributed by atoms with E-state index in [4.69, 9.17) is 42.0 Å². The zero-order valence-corrected chi connectivity index (χ0v) is 54.4. The van der Waals surface area contributed by atoms with Crippen molar-refractivity contribution in [1.29, 1.82) is 0 Å². The van der Waals surface area contributed by atoms with E-state index >= 15 is 0 Å². The van der Waals surface area contributed by atoms with Crippen molar-refractivity contribution in [1.82, 2.24) is 45.6 Å². The van der Waals surface area contributed by atoms with Crippen LogP contribution in [0.3, 0.4) is 0 Å². The third-order valence-corrected chi connectivity index (χ3v) is 18.6. The van der Waals surface area contributed by atoms with Crippen molar-refractivity contribution in [3.05, 3.63) is 109 Å². The molecule has 6 aromatic rings. The lowest BCUT2D eigenvalue weighted by Gasteiger charge is -2.34. The highest BCUT2D eigenvalue weighted by atomic mass is 35.5. The molecule has 0 saturated heterocycles. The zero-order chi connectivity index (χ0) is 64.4. The number of benzene rings is 2. The number of para-hydroxylation sites is 2. The molecule has 11 N–H and O–H groups in total. The van der Waals surface area contributed by atoms with Crippen LogP contribution in [0.1, 0.15) is 177 Å². The number of ketones is 1. The summed E-state index contributed by atoms with van der Waals surface area (Å²) >= 11 is 4.95. The number of halogens is 1. The van der Waals surface area contributed by atoms with Crippen molar-refractivity contribution in [2.75, 3.05) is 42.6 Å². The molecule has 498 valence electrons. The summed E-state index contributed by atoms with van der Waals surface area (Å²) in [6.45, 7) is 0. The van der Waals surface area contributed by atoms with Crippen molar-refractivity contribution >= 4 is 64.1 Å². The van der Waals surface area contributed by atoms with E-state index < -0.39 is 11.5 Å². The second-order valence-electron chi connectivity index (χ2n) is 25.5. The molecule has 0 spiro atoms. The summed E-state index contributed by atoms with van der Waals surface area (Å²) in [5.41, 5.74) is 13.1. The first kappa shape index (κ1) is 69.1. The molecular formula is C68H96ClN15O8. The van der Waals surface area contributed by atoms with Crippen molar-refractivity contribution < 1.29 is 38.1 Å². The Balaban J connectivity index is 0.000000150. The Morgan fingerprint density at radius 1 is 0.511 bits per heavy atom. The maximum Gasteiger partial charge on any atom is 0.412 e. The third-order valence-electron chi connectivity index (χ3n) is 18.6. The molecule has 0 aliphatic heterocycles. The summed E-state index contributed by atoms with van der Waals surface area (Å²) in [6.07, 6.45) is 30.5. The molecule has 4 aromatic heterocycles. The second-order valence-corrected chi connectivity index (χ2v) is 25.8. The predicted octanol–water partition coefficient (Wildman–Crippen LogP) is 13.1. The molecule has 7 aliphatic rings. The number of aromatic amines is 2. The molecule has 0 radical (unpaired) electrons. The van der Waals surface area contributed by atoms with Gasteiger partial charge in [0.2, 0.25) is 11.9 Å². The molecule has 7 saturated carbocycles. The molecule has 7 aliphatic carbocycles. The number of Topliss-reactive ketones (excluding diaryl/α,β-unsaturated/α-hetero) is 1. The second kappa shape index (κ2) is 36.2. The van der Waals surface area contributed by atoms with Crippen molar-refractivity contribution in [3.8, 4) is 11.5 Å². The van der Waals surface area contributed by atoms with Crippen LogP contribution >= 0.6 is 11.6 Å². The van der Waals surface area contributed by atoms with Gasteiger partial charge < -0.3 is 61.7 Å². The Morgan fingerprint density at radius 3 is 1.41 bits per heavy atom. The lowest BCUT2D eigenvalue weighted by molar-refractivity contribution is -0.123. The number of rotatable bonds is 20. The fourth-order valence-electron chi connectivity index (χ4n) is 12.9. The van der Waals surface area contributed by atoms with Gasteiger partial charge >= 0.3 is 11.5 Å². The van der Waals surface area contributed by atoms with Crippen molar-refractivity contribution in [2.45, 2.75) is 214 Å². The Labute approximate surface area is 545 Å². The number of nitrogens with zero attached hydrogens (tertiary/aromatic N) is 6. The number of methoxy groups -OCH3 is 3. The fourth-order valence-corrected chi connectivity index (χ4v) is 13.0. The third kappa shape index (κ3) is 23.1. The van der Waals surface area contributed by atoms with Crippen LogP contribution in [0.5, 0.6) is 11.5 Å². The van der Waals surface area contributed by atoms with E-state index in [9.17, 15) is 14.4 Å². The Kier molecular flexibility index (Phi) is 27.2. The van der Waals surface area contributed by atoms with Gasteiger partial charge in [0.1, 0.15) is 28.9 Å². The molecule has 0 bridgehead atoms. The smallest absolute Gasteiger partial charge is 0.412 e. The normalized spacial score (nSPS) is 24.8. The van der Waals surface area contributed by atoms with Crippen LogP contribution in [0.25, 0.3) is 0 Å². The molecule has 2 aromatic carbocycles. The lowest BCUT2D eigenvalue weighted by atomic mass is 9.76. The van der Waals surface area contributed by atoms with Gasteiger partial charge in [-0.15, -0.1) is 0 Å². The molecule has 7 fully saturated rings. The van der Waals surface area contributed by atoms with E-state index in [1.165, 1.54) is 62.8 Å². The zero-order valence-electron chi connectivity index (χ0n) is 53.6. The van der Waals surface area contributed by atoms with Gasteiger partial charge in [-0.2, -0.15) is 20.2 Å². The van der Waals surface area contributed by atoms with Crippen LogP contribution in [0, 0.1) is 11.8 Å². The van der Waals surface area contributed by atoms with E-state index in [1.807, 2.05) is 36.4 Å². The standard InChI is InChI=1S/C26H38N6O2.C18H27N7.C12H15NO3.C7H5ClO2.C5H11NO/c1-34-22-14-18(15-22)13-21(33)12-17-6-8-20(9-7-17)28-26-27-11-10-24(30-26)29-25-16-23(31-32-25)19-4-2-3-5-19;19-13-5-7-14(8-6-13)21-18-20-10-9-16(23-18)22-17-11-15(24-25-17)12-3-1-2-4-12;1-15-11-7-9(8-11)13-12(14)16-10-5-3-2-4-6-10;8-7(9)10-6-4-2-1-3-5-6;1-7-5-2-4(6)3-5/h10-11,16-20,22H,2-9,12-15H2,1H3,(H3,27,28,29,30,31,32);9-14H,1-8,19H2,(H3,20,21,22,23,24,25);2-6,9,11H,7-8H2,1H3,(H,13,14);1-5H;4-5H,2-3,6H2,1H3. The maximum atomic E-state index is 12.5. The lowest BCUT2D eigenvalue weighted by Crippen LogP contribution is -2.48. The summed E-state index contributed by atoms with van der Waals surface area (Å²) in [4.78, 5) is 52.0. The van der Waals surface area contributed by atoms with Crippen LogP contribution < -0.4 is 47.5 Å². The highest BCUT2D eigenvalue weighted by Gasteiger charge is 2.33. The van der Waals surface area contributed by atoms with Crippen molar-refractivity contribution in [2.24, 2.45) is 23.3 Å². The quantitative estimate of drug-likeness (QED) is 0.0321. The van der Waals surface area contributed by atoms with E-state index in [0.717, 1.165) is 126 Å². The number of ether oxygens (including phenoxy) is 5. The number of aromatic nitrogens is 8. The molecule has 92 heavy (non-hydrogen) atoms. The Hall–Kier alpha value is -7.28. The molecule has 24 heteroatoms. The topological polar surface area (TPSA) is 318 Å². The van der Waals surface area contributed by atoms with Gasteiger partial charge in [-0.3, -0.25) is 15.0 Å². The molecule has 0 unspecified atom stereocenters. The minimum Gasteiger partial charge on any atom is -0.415 e. The molecule has 1 amide bonds. The molecule has 0 atom stereocenters. The van der Waals surface area contributed by atoms with Crippen molar-refractivity contribution in [3.63, 3.8) is 0 Å². The Morgan fingerprint density at radius 2 is 0.957 bits per heavy atom. The first-order valence-corrected chi connectivity index (χ1v) is 33.6. The molecule has 23 nitrogen and oxygen atoms in total. The summed E-state index contributed by atoms with van der Waals surface area (Å²) in [6, 6.07) is 27.3. The predicted molar refractivity (Wildman–Crippen MR) is 357 cm³/mol. The first-order valence-electron chi connectivity index (χ1n) is 33.2. The highest BCUT2D eigenvalue weighted by Crippen LogP contribution is 2.37. The SMILES string of the molecule is COC1CC(CC(=O)CC2CCC(Nc3nccc(Nc4cc(C5CCCC5)[nH]n4)n3)CC2)C1.COC1CC(N)C1.COC1CC(NC(=O)Oc2ccccc2)C1.NC1CCC(Nc2nccc(Nc3cc(C4CCCC4)[nH]n3)n2)CC1.O=C(Cl)Oc1ccccc1. The monoisotopic (exact) mass is 1290 g/mol. The molecule has 13 rings (SSSR count). The van der Waals surface area contributed by atoms with Gasteiger partial charge in [-0.05, 0) is 164 Å². The van der Waals surface area contributed by atoms with Gasteiger partial charge in [0, 0.05) is 124 Å². The number of hydrogen-bond acceptors (Lipinski definition) is 20. The van der Waals surface area contributed by atoms with Gasteiger partial charge in [0.15, 0.2) is 11.6 Å². The fraction of sp³-hybridized carbons (Fsp3) is 0.574. The number of hydrogen-bond donors (Lipinski definition) is 9. The average Bonchev–Trinajstić information content (AvgIpc) is 1.99. The highest BCUT2D eigenvalue weighted by molar-refractivity contribution is 6.61. The summed E-state index contributed by atoms with van der Waals surface area (Å²) in [5.74, 6) is 8.19. The number of nitrogens with one attached hydrogen (secondary N) is 7. The number of carbonyl (C=O) groups excluding carboxylic acids is 3. The largest absolute Gasteiger partial charge is 0.415 e. The van der Waals surface area contributed by atoms with Crippen LogP contribution in [0.2, 0.25) is 0 Å². The minimum atomic E-state index is -0.814. The van der Waals surface area contributed by atoms with Crippen LogP contribution in [-0.4, -0.2) is 127 Å². The number of carbonyl (C=O) groups is 3. The van der Waals surface area contributed by atoms with Gasteiger partial charge in [-0.1, -0.05) is 62.1 Å². The van der Waals surface area contributed by atoms with Crippen LogP contribution in [0.15, 0.2) is 97.3 Å². The number of anilines is 6. The number of H-pyrrole nitrogens is 2. The van der Waals surface area contributed by atoms with Gasteiger partial charge in [0.25, 0.3) is 0 Å². The van der Waals surface area contributed by atoms with Crippen LogP contribution in [-0.2, 0) is 19.0 Å². The van der Waals surface area contributed by atoms with Gasteiger partial charge in [-0.25, -0.2) is 19.6 Å². The minimum absolute atomic E-state index is 0.182. The van der Waals surface area contributed by atoms with E-state index in [2.05, 4.69) is 83.8 Å². The Bertz CT molecular complexity index is 3120. The average molecular weight is 1290 g/mol. The number of nitrogens with two attached hydrogens (primary N) is 2. The molecule has 4 heterocycles. The van der Waals surface area contributed by atoms with E-state index in [-0.39, 0.29) is 12.1 Å². The summed E-state index contributed by atoms with van der Waals surface area (Å²) in [7, 11) is 5.18.